The van der Waals surface area contributed by atoms with E-state index in [4.69, 9.17) is 4.74 Å². The van der Waals surface area contributed by atoms with Crippen LogP contribution >= 0.6 is 0 Å². The highest BCUT2D eigenvalue weighted by atomic mass is 16.5. The highest BCUT2D eigenvalue weighted by Gasteiger charge is 2.42. The van der Waals surface area contributed by atoms with Crippen LogP contribution in [-0.4, -0.2) is 50.3 Å². The molecule has 6 nitrogen and oxygen atoms in total. The van der Waals surface area contributed by atoms with Crippen LogP contribution in [0.3, 0.4) is 0 Å². The summed E-state index contributed by atoms with van der Waals surface area (Å²) >= 11 is 0. The van der Waals surface area contributed by atoms with E-state index in [1.165, 1.54) is 0 Å². The first-order chi connectivity index (χ1) is 10.2. The first-order valence-corrected chi connectivity index (χ1v) is 7.46. The van der Waals surface area contributed by atoms with Gasteiger partial charge >= 0.3 is 0 Å². The Bertz CT molecular complexity index is 733. The average Bonchev–Trinajstić information content (AvgIpc) is 2.82. The number of amides is 1. The van der Waals surface area contributed by atoms with Crippen LogP contribution in [0.4, 0.5) is 0 Å². The number of aromatic nitrogens is 3. The van der Waals surface area contributed by atoms with Crippen molar-refractivity contribution in [2.45, 2.75) is 45.8 Å². The number of aryl methyl sites for hydroxylation is 1. The second-order valence-electron chi connectivity index (χ2n) is 7.19. The highest BCUT2D eigenvalue weighted by molar-refractivity contribution is 5.96. The molecule has 1 fully saturated rings. The van der Waals surface area contributed by atoms with E-state index in [0.29, 0.717) is 18.8 Å². The number of ether oxygens (including phenoxy) is 1. The van der Waals surface area contributed by atoms with Crippen molar-refractivity contribution < 1.29 is 9.53 Å². The number of aromatic amines is 1. The Kier molecular flexibility index (Phi) is 3.25. The average molecular weight is 302 g/mol. The molecule has 3 rings (SSSR count). The molecule has 3 heterocycles. The van der Waals surface area contributed by atoms with Gasteiger partial charge in [0.15, 0.2) is 0 Å². The van der Waals surface area contributed by atoms with Gasteiger partial charge < -0.3 is 9.64 Å². The first-order valence-electron chi connectivity index (χ1n) is 7.46. The number of pyridine rings is 1. The Morgan fingerprint density at radius 2 is 2.09 bits per heavy atom. The van der Waals surface area contributed by atoms with Crippen molar-refractivity contribution in [3.05, 3.63) is 23.7 Å². The number of carbonyl (C=O) groups is 1. The van der Waals surface area contributed by atoms with E-state index in [-0.39, 0.29) is 17.0 Å². The molecule has 22 heavy (non-hydrogen) atoms. The third-order valence-electron chi connectivity index (χ3n) is 4.18. The summed E-state index contributed by atoms with van der Waals surface area (Å²) < 4.78 is 5.84. The number of morpholine rings is 1. The molecule has 0 saturated carbocycles. The van der Waals surface area contributed by atoms with Crippen molar-refractivity contribution in [3.63, 3.8) is 0 Å². The van der Waals surface area contributed by atoms with E-state index in [1.807, 2.05) is 45.6 Å². The molecular weight excluding hydrogens is 280 g/mol. The van der Waals surface area contributed by atoms with E-state index in [1.54, 1.807) is 6.20 Å². The minimum absolute atomic E-state index is 0.0659. The minimum atomic E-state index is -0.352. The van der Waals surface area contributed by atoms with Gasteiger partial charge in [0.2, 0.25) is 0 Å². The monoisotopic (exact) mass is 302 g/mol. The minimum Gasteiger partial charge on any atom is -0.371 e. The Labute approximate surface area is 129 Å². The van der Waals surface area contributed by atoms with Gasteiger partial charge in [-0.2, -0.15) is 5.10 Å². The second-order valence-corrected chi connectivity index (χ2v) is 7.19. The molecule has 1 saturated heterocycles. The Morgan fingerprint density at radius 1 is 1.36 bits per heavy atom. The van der Waals surface area contributed by atoms with Gasteiger partial charge in [-0.1, -0.05) is 0 Å². The van der Waals surface area contributed by atoms with Crippen molar-refractivity contribution in [1.29, 1.82) is 0 Å². The number of rotatable bonds is 1. The Hall–Kier alpha value is -1.95. The van der Waals surface area contributed by atoms with Gasteiger partial charge in [0, 0.05) is 11.1 Å². The van der Waals surface area contributed by atoms with Gasteiger partial charge in [-0.3, -0.25) is 9.89 Å². The molecule has 0 bridgehead atoms. The fraction of sp³-hybridized carbons (Fsp3) is 0.562. The van der Waals surface area contributed by atoms with Crippen molar-refractivity contribution in [2.75, 3.05) is 13.2 Å². The van der Waals surface area contributed by atoms with Crippen LogP contribution in [0.5, 0.6) is 0 Å². The fourth-order valence-electron chi connectivity index (χ4n) is 2.73. The van der Waals surface area contributed by atoms with Gasteiger partial charge in [0.05, 0.1) is 30.5 Å². The summed E-state index contributed by atoms with van der Waals surface area (Å²) in [5.41, 5.74) is 1.46. The summed E-state index contributed by atoms with van der Waals surface area (Å²) in [6.07, 6.45) is 1.64. The Morgan fingerprint density at radius 3 is 2.82 bits per heavy atom. The molecule has 0 aromatic carbocycles. The number of H-pyrrole nitrogens is 1. The summed E-state index contributed by atoms with van der Waals surface area (Å²) in [6, 6.07) is 1.81. The molecule has 1 amide bonds. The predicted molar refractivity (Wildman–Crippen MR) is 83.8 cm³/mol. The molecule has 0 spiro atoms. The van der Waals surface area contributed by atoms with E-state index < -0.39 is 0 Å². The number of nitrogens with zero attached hydrogens (tertiary/aromatic N) is 3. The number of nitrogens with one attached hydrogen (secondary N) is 1. The van der Waals surface area contributed by atoms with Gasteiger partial charge in [0.1, 0.15) is 11.2 Å². The van der Waals surface area contributed by atoms with Crippen molar-refractivity contribution in [2.24, 2.45) is 0 Å². The smallest absolute Gasteiger partial charge is 0.273 e. The van der Waals surface area contributed by atoms with E-state index >= 15 is 0 Å². The zero-order valence-corrected chi connectivity index (χ0v) is 13.7. The Balaban J connectivity index is 1.98. The number of hydrogen-bond donors (Lipinski definition) is 1. The SMILES string of the molecule is Cc1[nH]nc2cnc(C(=O)N3CC(C)(C)OCC3(C)C)cc12. The molecule has 1 aliphatic heterocycles. The van der Waals surface area contributed by atoms with Crippen LogP contribution in [-0.2, 0) is 4.74 Å². The van der Waals surface area contributed by atoms with E-state index in [0.717, 1.165) is 16.6 Å². The maximum Gasteiger partial charge on any atom is 0.273 e. The largest absolute Gasteiger partial charge is 0.371 e. The molecule has 2 aromatic heterocycles. The zero-order valence-electron chi connectivity index (χ0n) is 13.7. The number of carbonyl (C=O) groups excluding carboxylic acids is 1. The van der Waals surface area contributed by atoms with Crippen LogP contribution in [0.15, 0.2) is 12.3 Å². The van der Waals surface area contributed by atoms with Crippen LogP contribution in [0, 0.1) is 6.92 Å². The molecule has 6 heteroatoms. The van der Waals surface area contributed by atoms with Crippen molar-refractivity contribution in [3.8, 4) is 0 Å². The van der Waals surface area contributed by atoms with Gasteiger partial charge in [-0.05, 0) is 40.7 Å². The highest BCUT2D eigenvalue weighted by Crippen LogP contribution is 2.29. The molecular formula is C16H22N4O2. The summed E-state index contributed by atoms with van der Waals surface area (Å²) in [7, 11) is 0. The van der Waals surface area contributed by atoms with Crippen molar-refractivity contribution >= 4 is 16.8 Å². The molecule has 118 valence electrons. The lowest BCUT2D eigenvalue weighted by Crippen LogP contribution is -2.61. The normalized spacial score (nSPS) is 20.3. The summed E-state index contributed by atoms with van der Waals surface area (Å²) in [4.78, 5) is 19.1. The van der Waals surface area contributed by atoms with Crippen LogP contribution in [0.2, 0.25) is 0 Å². The molecule has 1 aliphatic rings. The second kappa shape index (κ2) is 4.78. The lowest BCUT2D eigenvalue weighted by atomic mass is 9.95. The molecule has 0 atom stereocenters. The van der Waals surface area contributed by atoms with Gasteiger partial charge in [0.25, 0.3) is 5.91 Å². The molecule has 1 N–H and O–H groups in total. The van der Waals surface area contributed by atoms with Crippen molar-refractivity contribution in [1.82, 2.24) is 20.1 Å². The molecule has 0 aliphatic carbocycles. The number of fused-ring (bicyclic) bond motifs is 1. The number of hydrogen-bond acceptors (Lipinski definition) is 4. The fourth-order valence-corrected chi connectivity index (χ4v) is 2.73. The van der Waals surface area contributed by atoms with E-state index in [2.05, 4.69) is 15.2 Å². The third-order valence-corrected chi connectivity index (χ3v) is 4.18. The summed E-state index contributed by atoms with van der Waals surface area (Å²) in [5, 5.41) is 8.00. The molecule has 0 radical (unpaired) electrons. The quantitative estimate of drug-likeness (QED) is 0.877. The van der Waals surface area contributed by atoms with Crippen LogP contribution in [0.25, 0.3) is 10.9 Å². The van der Waals surface area contributed by atoms with Gasteiger partial charge in [-0.15, -0.1) is 0 Å². The predicted octanol–water partition coefficient (Wildman–Crippen LogP) is 2.30. The maximum atomic E-state index is 13.0. The molecule has 2 aromatic rings. The zero-order chi connectivity index (χ0) is 16.1. The standard InChI is InChI=1S/C16H22N4O2/c1-10-11-6-12(17-7-13(11)19-18-10)14(21)20-8-16(4,5)22-9-15(20,2)3/h6-7H,8-9H2,1-5H3,(H,18,19). The lowest BCUT2D eigenvalue weighted by molar-refractivity contribution is -0.128. The summed E-state index contributed by atoms with van der Waals surface area (Å²) in [6.45, 7) is 11.0. The van der Waals surface area contributed by atoms with Crippen LogP contribution in [0.1, 0.15) is 43.9 Å². The van der Waals surface area contributed by atoms with E-state index in [9.17, 15) is 4.79 Å². The first kappa shape index (κ1) is 15.0. The topological polar surface area (TPSA) is 71.1 Å². The lowest BCUT2D eigenvalue weighted by Gasteiger charge is -2.48. The summed E-state index contributed by atoms with van der Waals surface area (Å²) in [5.74, 6) is -0.0659. The third kappa shape index (κ3) is 2.47. The van der Waals surface area contributed by atoms with Gasteiger partial charge in [-0.25, -0.2) is 4.98 Å². The van der Waals surface area contributed by atoms with Crippen LogP contribution < -0.4 is 0 Å². The maximum absolute atomic E-state index is 13.0. The molecule has 0 unspecified atom stereocenters.